The Hall–Kier alpha value is -1.05. The van der Waals surface area contributed by atoms with Gasteiger partial charge < -0.3 is 4.74 Å². The largest absolute Gasteiger partial charge is 0.468 e. The number of ether oxygens (including phenoxy) is 1. The molecule has 1 saturated carbocycles. The maximum absolute atomic E-state index is 12.5. The summed E-state index contributed by atoms with van der Waals surface area (Å²) in [7, 11) is -2.93. The average molecular weight is 272 g/mol. The molecule has 8 heteroatoms. The predicted molar refractivity (Wildman–Crippen MR) is 52.7 cm³/mol. The van der Waals surface area contributed by atoms with Crippen molar-refractivity contribution in [2.45, 2.75) is 24.0 Å². The minimum absolute atomic E-state index is 0.0887. The van der Waals surface area contributed by atoms with Crippen molar-refractivity contribution in [1.29, 1.82) is 0 Å². The molecule has 0 spiro atoms. The summed E-state index contributed by atoms with van der Waals surface area (Å²) in [6.07, 6.45) is -3.29. The summed E-state index contributed by atoms with van der Waals surface area (Å²) >= 11 is 0. The van der Waals surface area contributed by atoms with E-state index < -0.39 is 44.6 Å². The second-order valence-corrected chi connectivity index (χ2v) is 6.14. The Labute approximate surface area is 96.4 Å². The molecule has 0 N–H and O–H groups in total. The summed E-state index contributed by atoms with van der Waals surface area (Å²) < 4.78 is 62.1. The molecule has 0 saturated heterocycles. The van der Waals surface area contributed by atoms with Crippen LogP contribution in [0.25, 0.3) is 0 Å². The van der Waals surface area contributed by atoms with Gasteiger partial charge >= 0.3 is 12.0 Å². The highest BCUT2D eigenvalue weighted by Gasteiger charge is 2.61. The van der Waals surface area contributed by atoms with Gasteiger partial charge in [0.1, 0.15) is 0 Å². The normalized spacial score (nSPS) is 17.4. The number of hydrogen-bond donors (Lipinski definition) is 0. The molecule has 0 aliphatic heterocycles. The van der Waals surface area contributed by atoms with Gasteiger partial charge in [0, 0.05) is 6.42 Å². The minimum Gasteiger partial charge on any atom is -0.468 e. The average Bonchev–Trinajstić information content (AvgIpc) is 3.06. The Morgan fingerprint density at radius 3 is 2.18 bits per heavy atom. The van der Waals surface area contributed by atoms with E-state index in [1.165, 1.54) is 0 Å². The molecular weight excluding hydrogens is 261 g/mol. The molecule has 0 aromatic carbocycles. The Balaban J connectivity index is 2.78. The number of rotatable bonds is 5. The van der Waals surface area contributed by atoms with Crippen LogP contribution < -0.4 is 0 Å². The number of hydrogen-bond acceptors (Lipinski definition) is 4. The van der Waals surface area contributed by atoms with Crippen LogP contribution in [0.1, 0.15) is 19.3 Å². The van der Waals surface area contributed by atoms with Gasteiger partial charge in [-0.2, -0.15) is 8.78 Å². The zero-order valence-corrected chi connectivity index (χ0v) is 9.82. The first-order chi connectivity index (χ1) is 7.77. The van der Waals surface area contributed by atoms with Crippen LogP contribution in [0.4, 0.5) is 13.2 Å². The quantitative estimate of drug-likeness (QED) is 0.713. The summed E-state index contributed by atoms with van der Waals surface area (Å²) in [6, 6.07) is 0. The molecule has 0 atom stereocenters. The van der Waals surface area contributed by atoms with Crippen molar-refractivity contribution in [2.75, 3.05) is 12.9 Å². The van der Waals surface area contributed by atoms with E-state index in [1.54, 1.807) is 0 Å². The molecule has 0 amide bonds. The Bertz CT molecular complexity index is 447. The molecule has 98 valence electrons. The summed E-state index contributed by atoms with van der Waals surface area (Å²) in [5.41, 5.74) is 0. The lowest BCUT2D eigenvalue weighted by molar-refractivity contribution is -0.140. The van der Waals surface area contributed by atoms with Crippen LogP contribution in [0.2, 0.25) is 0 Å². The van der Waals surface area contributed by atoms with Gasteiger partial charge in [-0.05, 0) is 12.8 Å². The van der Waals surface area contributed by atoms with Crippen molar-refractivity contribution < 1.29 is 31.1 Å². The third-order valence-corrected chi connectivity index (χ3v) is 5.16. The van der Waals surface area contributed by atoms with Crippen molar-refractivity contribution >= 4 is 15.8 Å². The Kier molecular flexibility index (Phi) is 3.85. The minimum atomic E-state index is -3.97. The molecule has 0 unspecified atom stereocenters. The van der Waals surface area contributed by atoms with Crippen LogP contribution in [-0.4, -0.2) is 32.0 Å². The van der Waals surface area contributed by atoms with Gasteiger partial charge in [0.25, 0.3) is 0 Å². The van der Waals surface area contributed by atoms with E-state index >= 15 is 0 Å². The van der Waals surface area contributed by atoms with Gasteiger partial charge in [0.15, 0.2) is 20.4 Å². The molecule has 0 aromatic heterocycles. The lowest BCUT2D eigenvalue weighted by Crippen LogP contribution is -2.35. The summed E-state index contributed by atoms with van der Waals surface area (Å²) in [4.78, 5) is 11.3. The molecule has 1 rings (SSSR count). The first kappa shape index (κ1) is 14.0. The van der Waals surface area contributed by atoms with Crippen LogP contribution in [0, 0.1) is 0 Å². The lowest BCUT2D eigenvalue weighted by Gasteiger charge is -2.12. The number of halogens is 3. The second kappa shape index (κ2) is 4.67. The summed E-state index contributed by atoms with van der Waals surface area (Å²) in [6.45, 7) is 0. The van der Waals surface area contributed by atoms with Gasteiger partial charge in [-0.15, -0.1) is 0 Å². The van der Waals surface area contributed by atoms with Crippen molar-refractivity contribution in [1.82, 2.24) is 0 Å². The highest BCUT2D eigenvalue weighted by atomic mass is 32.2. The lowest BCUT2D eigenvalue weighted by atomic mass is 10.4. The van der Waals surface area contributed by atoms with Crippen LogP contribution in [0.15, 0.2) is 11.9 Å². The number of carbonyl (C=O) groups excluding carboxylic acids is 1. The highest BCUT2D eigenvalue weighted by Crippen LogP contribution is 2.45. The first-order valence-electron chi connectivity index (χ1n) is 4.77. The summed E-state index contributed by atoms with van der Waals surface area (Å²) in [5.74, 6) is -3.51. The topological polar surface area (TPSA) is 60.4 Å². The maximum atomic E-state index is 12.5. The van der Waals surface area contributed by atoms with Crippen molar-refractivity contribution in [3.8, 4) is 0 Å². The Morgan fingerprint density at radius 2 is 1.82 bits per heavy atom. The molecule has 0 bridgehead atoms. The number of methoxy groups -OCH3 is 1. The van der Waals surface area contributed by atoms with Crippen LogP contribution >= 0.6 is 0 Å². The molecule has 0 radical (unpaired) electrons. The van der Waals surface area contributed by atoms with E-state index in [0.29, 0.717) is 0 Å². The van der Waals surface area contributed by atoms with Crippen molar-refractivity contribution in [3.63, 3.8) is 0 Å². The third kappa shape index (κ3) is 2.62. The van der Waals surface area contributed by atoms with Gasteiger partial charge in [-0.1, -0.05) is 0 Å². The standard InChI is InChI=1S/C9H11F3O4S/c1-16-8(13)9(3-4-9)17(14,15)5-2-6(10)7(11)12/h2-5H2,1H3. The fourth-order valence-corrected chi connectivity index (χ4v) is 3.36. The van der Waals surface area contributed by atoms with Crippen molar-refractivity contribution in [2.24, 2.45) is 0 Å². The number of sulfone groups is 1. The smallest absolute Gasteiger partial charge is 0.327 e. The SMILES string of the molecule is COC(=O)C1(S(=O)(=O)CCC(F)=C(F)F)CC1. The number of esters is 1. The van der Waals surface area contributed by atoms with E-state index in [2.05, 4.69) is 4.74 Å². The van der Waals surface area contributed by atoms with Gasteiger partial charge in [0.05, 0.1) is 12.9 Å². The summed E-state index contributed by atoms with van der Waals surface area (Å²) in [5, 5.41) is 0. The molecular formula is C9H11F3O4S. The van der Waals surface area contributed by atoms with Crippen LogP contribution in [-0.2, 0) is 19.4 Å². The van der Waals surface area contributed by atoms with E-state index in [9.17, 15) is 26.4 Å². The number of allylic oxidation sites excluding steroid dienone is 1. The monoisotopic (exact) mass is 272 g/mol. The molecule has 0 aromatic rings. The fourth-order valence-electron chi connectivity index (χ4n) is 1.46. The first-order valence-corrected chi connectivity index (χ1v) is 6.42. The van der Waals surface area contributed by atoms with Crippen LogP contribution in [0.5, 0.6) is 0 Å². The maximum Gasteiger partial charge on any atom is 0.327 e. The molecule has 17 heavy (non-hydrogen) atoms. The number of carbonyl (C=O) groups is 1. The second-order valence-electron chi connectivity index (χ2n) is 3.72. The van der Waals surface area contributed by atoms with Gasteiger partial charge in [0.2, 0.25) is 0 Å². The molecule has 1 aliphatic carbocycles. The third-order valence-electron chi connectivity index (χ3n) is 2.65. The van der Waals surface area contributed by atoms with E-state index in [0.717, 1.165) is 7.11 Å². The van der Waals surface area contributed by atoms with Crippen LogP contribution in [0.3, 0.4) is 0 Å². The molecule has 0 heterocycles. The van der Waals surface area contributed by atoms with E-state index in [-0.39, 0.29) is 12.8 Å². The molecule has 4 nitrogen and oxygen atoms in total. The molecule has 1 aliphatic rings. The molecule has 1 fully saturated rings. The Morgan fingerprint density at radius 1 is 1.29 bits per heavy atom. The zero-order chi connectivity index (χ0) is 13.3. The van der Waals surface area contributed by atoms with Gasteiger partial charge in [-0.3, -0.25) is 4.79 Å². The van der Waals surface area contributed by atoms with Gasteiger partial charge in [-0.25, -0.2) is 12.8 Å². The fraction of sp³-hybridized carbons (Fsp3) is 0.667. The van der Waals surface area contributed by atoms with E-state index in [1.807, 2.05) is 0 Å². The highest BCUT2D eigenvalue weighted by molar-refractivity contribution is 7.93. The predicted octanol–water partition coefficient (Wildman–Crippen LogP) is 1.57. The van der Waals surface area contributed by atoms with Crippen molar-refractivity contribution in [3.05, 3.63) is 11.9 Å². The zero-order valence-electron chi connectivity index (χ0n) is 9.00. The van der Waals surface area contributed by atoms with E-state index in [4.69, 9.17) is 0 Å².